The van der Waals surface area contributed by atoms with Crippen molar-refractivity contribution >= 4 is 5.97 Å². The lowest BCUT2D eigenvalue weighted by atomic mass is 10.2. The van der Waals surface area contributed by atoms with Crippen LogP contribution in [0.5, 0.6) is 11.5 Å². The van der Waals surface area contributed by atoms with E-state index in [1.807, 2.05) is 19.1 Å². The highest BCUT2D eigenvalue weighted by Crippen LogP contribution is 2.18. The number of ether oxygens (including phenoxy) is 2. The quantitative estimate of drug-likeness (QED) is 0.560. The Bertz CT molecular complexity index is 341. The van der Waals surface area contributed by atoms with Gasteiger partial charge >= 0.3 is 5.97 Å². The first-order chi connectivity index (χ1) is 8.11. The Kier molecular flexibility index (Phi) is 5.53. The summed E-state index contributed by atoms with van der Waals surface area (Å²) in [5.74, 6) is 1.68. The van der Waals surface area contributed by atoms with E-state index in [9.17, 15) is 4.79 Å². The van der Waals surface area contributed by atoms with Crippen molar-refractivity contribution in [2.24, 2.45) is 5.92 Å². The number of hydrogen-bond donors (Lipinski definition) is 0. The molecule has 0 aliphatic rings. The molecule has 0 aromatic heterocycles. The molecule has 0 amide bonds. The third-order valence-electron chi connectivity index (χ3n) is 2.09. The van der Waals surface area contributed by atoms with Gasteiger partial charge in [0, 0.05) is 6.42 Å². The molecule has 0 fully saturated rings. The molecule has 0 aliphatic heterocycles. The van der Waals surface area contributed by atoms with E-state index in [-0.39, 0.29) is 5.97 Å². The third kappa shape index (κ3) is 5.38. The van der Waals surface area contributed by atoms with Crippen LogP contribution in [0.2, 0.25) is 0 Å². The minimum absolute atomic E-state index is 0.191. The predicted molar refractivity (Wildman–Crippen MR) is 67.3 cm³/mol. The Hall–Kier alpha value is -1.51. The highest BCUT2D eigenvalue weighted by Gasteiger charge is 2.03. The van der Waals surface area contributed by atoms with Gasteiger partial charge in [0.05, 0.1) is 6.61 Å². The van der Waals surface area contributed by atoms with Gasteiger partial charge in [0.25, 0.3) is 0 Å². The minimum Gasteiger partial charge on any atom is -0.493 e. The van der Waals surface area contributed by atoms with Crippen LogP contribution >= 0.6 is 0 Å². The minimum atomic E-state index is -0.191. The molecule has 3 nitrogen and oxygen atoms in total. The zero-order valence-electron chi connectivity index (χ0n) is 10.7. The van der Waals surface area contributed by atoms with Gasteiger partial charge in [-0.2, -0.15) is 0 Å². The fourth-order valence-corrected chi connectivity index (χ4v) is 1.25. The lowest BCUT2D eigenvalue weighted by molar-refractivity contribution is -0.134. The standard InChI is InChI=1S/C14H20O3/c1-4-5-14(15)17-13-8-6-12(7-9-13)16-10-11(2)3/h6-9,11H,4-5,10H2,1-3H3. The highest BCUT2D eigenvalue weighted by molar-refractivity contribution is 5.72. The third-order valence-corrected chi connectivity index (χ3v) is 2.09. The number of hydrogen-bond acceptors (Lipinski definition) is 3. The summed E-state index contributed by atoms with van der Waals surface area (Å²) in [6.07, 6.45) is 1.25. The zero-order valence-corrected chi connectivity index (χ0v) is 10.7. The summed E-state index contributed by atoms with van der Waals surface area (Å²) in [6, 6.07) is 7.14. The molecule has 0 atom stereocenters. The summed E-state index contributed by atoms with van der Waals surface area (Å²) in [6.45, 7) is 6.83. The molecule has 17 heavy (non-hydrogen) atoms. The number of rotatable bonds is 6. The normalized spacial score (nSPS) is 10.4. The maximum atomic E-state index is 11.3. The fraction of sp³-hybridized carbons (Fsp3) is 0.500. The van der Waals surface area contributed by atoms with Crippen LogP contribution in [0.3, 0.4) is 0 Å². The van der Waals surface area contributed by atoms with Crippen molar-refractivity contribution < 1.29 is 14.3 Å². The van der Waals surface area contributed by atoms with Crippen molar-refractivity contribution in [3.8, 4) is 11.5 Å². The lowest BCUT2D eigenvalue weighted by Gasteiger charge is -2.09. The van der Waals surface area contributed by atoms with Crippen LogP contribution in [0.4, 0.5) is 0 Å². The van der Waals surface area contributed by atoms with Crippen LogP contribution < -0.4 is 9.47 Å². The zero-order chi connectivity index (χ0) is 12.7. The van der Waals surface area contributed by atoms with Gasteiger partial charge in [-0.05, 0) is 36.6 Å². The summed E-state index contributed by atoms with van der Waals surface area (Å²) in [5.41, 5.74) is 0. The van der Waals surface area contributed by atoms with E-state index in [4.69, 9.17) is 9.47 Å². The smallest absolute Gasteiger partial charge is 0.311 e. The van der Waals surface area contributed by atoms with Crippen LogP contribution in [0.25, 0.3) is 0 Å². The number of benzene rings is 1. The molecule has 3 heteroatoms. The van der Waals surface area contributed by atoms with Crippen molar-refractivity contribution in [3.63, 3.8) is 0 Å². The van der Waals surface area contributed by atoms with Gasteiger partial charge in [-0.3, -0.25) is 4.79 Å². The summed E-state index contributed by atoms with van der Waals surface area (Å²) >= 11 is 0. The summed E-state index contributed by atoms with van der Waals surface area (Å²) in [4.78, 5) is 11.3. The Morgan fingerprint density at radius 2 is 1.76 bits per heavy atom. The Balaban J connectivity index is 2.47. The lowest BCUT2D eigenvalue weighted by Crippen LogP contribution is -2.07. The van der Waals surface area contributed by atoms with E-state index in [1.165, 1.54) is 0 Å². The molecule has 94 valence electrons. The Morgan fingerprint density at radius 3 is 2.29 bits per heavy atom. The second-order valence-corrected chi connectivity index (χ2v) is 4.40. The van der Waals surface area contributed by atoms with Crippen LogP contribution in [0, 0.1) is 5.92 Å². The Morgan fingerprint density at radius 1 is 1.18 bits per heavy atom. The average Bonchev–Trinajstić information content (AvgIpc) is 2.28. The van der Waals surface area contributed by atoms with E-state index in [0.29, 0.717) is 24.7 Å². The first kappa shape index (κ1) is 13.6. The summed E-state index contributed by atoms with van der Waals surface area (Å²) < 4.78 is 10.7. The second kappa shape index (κ2) is 6.94. The van der Waals surface area contributed by atoms with Crippen molar-refractivity contribution in [1.82, 2.24) is 0 Å². The van der Waals surface area contributed by atoms with Crippen molar-refractivity contribution in [2.75, 3.05) is 6.61 Å². The van der Waals surface area contributed by atoms with E-state index < -0.39 is 0 Å². The molecule has 1 aromatic rings. The molecule has 0 heterocycles. The average molecular weight is 236 g/mol. The van der Waals surface area contributed by atoms with Crippen molar-refractivity contribution in [2.45, 2.75) is 33.6 Å². The monoisotopic (exact) mass is 236 g/mol. The molecule has 0 bridgehead atoms. The Labute approximate surface area is 103 Å². The highest BCUT2D eigenvalue weighted by atomic mass is 16.5. The largest absolute Gasteiger partial charge is 0.493 e. The first-order valence-corrected chi connectivity index (χ1v) is 6.05. The second-order valence-electron chi connectivity index (χ2n) is 4.40. The molecule has 0 saturated carbocycles. The van der Waals surface area contributed by atoms with E-state index in [2.05, 4.69) is 13.8 Å². The molecule has 0 radical (unpaired) electrons. The molecule has 1 aromatic carbocycles. The first-order valence-electron chi connectivity index (χ1n) is 6.05. The molecular weight excluding hydrogens is 216 g/mol. The van der Waals surface area contributed by atoms with Gasteiger partial charge in [0.2, 0.25) is 0 Å². The number of esters is 1. The summed E-state index contributed by atoms with van der Waals surface area (Å²) in [7, 11) is 0. The molecule has 0 spiro atoms. The van der Waals surface area contributed by atoms with E-state index >= 15 is 0 Å². The molecule has 0 N–H and O–H groups in total. The van der Waals surface area contributed by atoms with Gasteiger partial charge in [-0.15, -0.1) is 0 Å². The van der Waals surface area contributed by atoms with Crippen LogP contribution in [-0.4, -0.2) is 12.6 Å². The van der Waals surface area contributed by atoms with Crippen molar-refractivity contribution in [1.29, 1.82) is 0 Å². The topological polar surface area (TPSA) is 35.5 Å². The van der Waals surface area contributed by atoms with Crippen molar-refractivity contribution in [3.05, 3.63) is 24.3 Å². The van der Waals surface area contributed by atoms with Crippen LogP contribution in [0.1, 0.15) is 33.6 Å². The molecule has 0 unspecified atom stereocenters. The van der Waals surface area contributed by atoms with Gasteiger partial charge in [-0.25, -0.2) is 0 Å². The molecule has 0 saturated heterocycles. The fourth-order valence-electron chi connectivity index (χ4n) is 1.25. The van der Waals surface area contributed by atoms with E-state index in [1.54, 1.807) is 12.1 Å². The van der Waals surface area contributed by atoms with Gasteiger partial charge < -0.3 is 9.47 Å². The van der Waals surface area contributed by atoms with Gasteiger partial charge in [-0.1, -0.05) is 20.8 Å². The van der Waals surface area contributed by atoms with Gasteiger partial charge in [0.15, 0.2) is 0 Å². The van der Waals surface area contributed by atoms with Gasteiger partial charge in [0.1, 0.15) is 11.5 Å². The molecule has 0 aliphatic carbocycles. The van der Waals surface area contributed by atoms with E-state index in [0.717, 1.165) is 12.2 Å². The number of carbonyl (C=O) groups excluding carboxylic acids is 1. The molecular formula is C14H20O3. The maximum Gasteiger partial charge on any atom is 0.311 e. The molecule has 1 rings (SSSR count). The SMILES string of the molecule is CCCC(=O)Oc1ccc(OCC(C)C)cc1. The number of carbonyl (C=O) groups is 1. The predicted octanol–water partition coefficient (Wildman–Crippen LogP) is 3.43. The maximum absolute atomic E-state index is 11.3. The summed E-state index contributed by atoms with van der Waals surface area (Å²) in [5, 5.41) is 0. The van der Waals surface area contributed by atoms with Crippen LogP contribution in [-0.2, 0) is 4.79 Å². The van der Waals surface area contributed by atoms with Crippen LogP contribution in [0.15, 0.2) is 24.3 Å².